The molecule has 0 heterocycles. The zero-order valence-corrected chi connectivity index (χ0v) is 24.7. The van der Waals surface area contributed by atoms with Gasteiger partial charge in [0.15, 0.2) is 0 Å². The first-order valence-electron chi connectivity index (χ1n) is 13.2. The Hall–Kier alpha value is -3.06. The third-order valence-electron chi connectivity index (χ3n) is 6.24. The number of unbranched alkanes of at least 4 members (excludes halogenated alkanes) is 2. The van der Waals surface area contributed by atoms with Crippen LogP contribution in [0.2, 0.25) is 5.02 Å². The van der Waals surface area contributed by atoms with Gasteiger partial charge in [-0.05, 0) is 83.2 Å². The minimum absolute atomic E-state index is 0.348. The summed E-state index contributed by atoms with van der Waals surface area (Å²) in [6.07, 6.45) is 1.86. The van der Waals surface area contributed by atoms with E-state index in [9.17, 15) is 14.4 Å². The lowest BCUT2D eigenvalue weighted by Crippen LogP contribution is -2.51. The topological polar surface area (TPSA) is 87.7 Å². The molecule has 2 unspecified atom stereocenters. The predicted octanol–water partition coefficient (Wildman–Crippen LogP) is 6.88. The number of hydrogen-bond acceptors (Lipinski definition) is 4. The molecule has 7 nitrogen and oxygen atoms in total. The number of alkyl carbamates (subject to hydrolysis) is 1. The second kappa shape index (κ2) is 13.7. The third-order valence-corrected chi connectivity index (χ3v) is 6.55. The Balaban J connectivity index is 2.55. The fraction of sp³-hybridized carbons (Fsp3) is 0.500. The zero-order chi connectivity index (χ0) is 28.6. The standard InChI is InChI=1S/C30H42ClN3O4/c1-9-10-11-18-34(28(36)22(5)32-29(37)38-30(6,7)8)26(24-19(2)14-12-15-20(24)3)27(35)33-25-21(4)16-13-17-23(25)31/h12-17,22,26H,9-11,18H2,1-8H3,(H,32,37)(H,33,35). The number of halogens is 1. The molecule has 8 heteroatoms. The van der Waals surface area contributed by atoms with Crippen molar-refractivity contribution in [1.82, 2.24) is 10.2 Å². The van der Waals surface area contributed by atoms with Crippen molar-refractivity contribution in [2.24, 2.45) is 0 Å². The highest BCUT2D eigenvalue weighted by Crippen LogP contribution is 2.32. The number of anilines is 1. The largest absolute Gasteiger partial charge is 0.444 e. The molecule has 0 spiro atoms. The van der Waals surface area contributed by atoms with Gasteiger partial charge >= 0.3 is 6.09 Å². The molecule has 0 radical (unpaired) electrons. The number of carbonyl (C=O) groups is 3. The highest BCUT2D eigenvalue weighted by molar-refractivity contribution is 6.34. The molecule has 3 amide bonds. The first-order chi connectivity index (χ1) is 17.8. The Kier molecular flexibility index (Phi) is 11.2. The smallest absolute Gasteiger partial charge is 0.408 e. The maximum Gasteiger partial charge on any atom is 0.408 e. The van der Waals surface area contributed by atoms with Crippen molar-refractivity contribution in [3.63, 3.8) is 0 Å². The van der Waals surface area contributed by atoms with E-state index in [0.717, 1.165) is 35.1 Å². The molecule has 208 valence electrons. The highest BCUT2D eigenvalue weighted by Gasteiger charge is 2.36. The number of rotatable bonds is 10. The van der Waals surface area contributed by atoms with Gasteiger partial charge in [0.2, 0.25) is 5.91 Å². The summed E-state index contributed by atoms with van der Waals surface area (Å²) in [6, 6.07) is 9.35. The molecule has 0 saturated heterocycles. The van der Waals surface area contributed by atoms with E-state index in [2.05, 4.69) is 17.6 Å². The number of ether oxygens (including phenoxy) is 1. The number of nitrogens with one attached hydrogen (secondary N) is 2. The van der Waals surface area contributed by atoms with Crippen LogP contribution in [0.4, 0.5) is 10.5 Å². The van der Waals surface area contributed by atoms with Crippen LogP contribution in [0.3, 0.4) is 0 Å². The summed E-state index contributed by atoms with van der Waals surface area (Å²) in [6.45, 7) is 15.0. The van der Waals surface area contributed by atoms with Crippen LogP contribution in [-0.4, -0.2) is 41.0 Å². The normalized spacial score (nSPS) is 12.9. The van der Waals surface area contributed by atoms with Crippen molar-refractivity contribution in [2.75, 3.05) is 11.9 Å². The fourth-order valence-corrected chi connectivity index (χ4v) is 4.63. The second-order valence-electron chi connectivity index (χ2n) is 10.7. The maximum absolute atomic E-state index is 14.1. The van der Waals surface area contributed by atoms with E-state index in [0.29, 0.717) is 23.7 Å². The van der Waals surface area contributed by atoms with E-state index in [1.54, 1.807) is 38.7 Å². The summed E-state index contributed by atoms with van der Waals surface area (Å²) < 4.78 is 5.36. The van der Waals surface area contributed by atoms with Crippen molar-refractivity contribution in [2.45, 2.75) is 92.3 Å². The van der Waals surface area contributed by atoms with E-state index >= 15 is 0 Å². The summed E-state index contributed by atoms with van der Waals surface area (Å²) in [5.74, 6) is -0.737. The highest BCUT2D eigenvalue weighted by atomic mass is 35.5. The molecule has 0 saturated carbocycles. The molecule has 2 aromatic rings. The van der Waals surface area contributed by atoms with E-state index in [-0.39, 0.29) is 11.8 Å². The molecular formula is C30H42ClN3O4. The van der Waals surface area contributed by atoms with Crippen LogP contribution in [0.25, 0.3) is 0 Å². The average molecular weight is 544 g/mol. The third kappa shape index (κ3) is 8.48. The molecule has 0 bridgehead atoms. The SMILES string of the molecule is CCCCCN(C(=O)C(C)NC(=O)OC(C)(C)C)C(C(=O)Nc1c(C)cccc1Cl)c1c(C)cccc1C. The van der Waals surface area contributed by atoms with E-state index in [1.807, 2.05) is 51.1 Å². The van der Waals surface area contributed by atoms with E-state index in [1.165, 1.54) is 0 Å². The van der Waals surface area contributed by atoms with Gasteiger partial charge in [0.05, 0.1) is 10.7 Å². The average Bonchev–Trinajstić information content (AvgIpc) is 2.80. The van der Waals surface area contributed by atoms with Gasteiger partial charge in [-0.15, -0.1) is 0 Å². The van der Waals surface area contributed by atoms with Crippen molar-refractivity contribution in [1.29, 1.82) is 0 Å². The summed E-state index contributed by atoms with van der Waals surface area (Å²) in [7, 11) is 0. The second-order valence-corrected chi connectivity index (χ2v) is 11.1. The minimum atomic E-state index is -0.931. The molecule has 2 rings (SSSR count). The quantitative estimate of drug-likeness (QED) is 0.320. The molecular weight excluding hydrogens is 502 g/mol. The van der Waals surface area contributed by atoms with Crippen molar-refractivity contribution in [3.05, 3.63) is 63.7 Å². The number of para-hydroxylation sites is 1. The lowest BCUT2D eigenvalue weighted by atomic mass is 9.93. The molecule has 0 aliphatic heterocycles. The molecule has 0 fully saturated rings. The van der Waals surface area contributed by atoms with Gasteiger partial charge < -0.3 is 20.3 Å². The lowest BCUT2D eigenvalue weighted by Gasteiger charge is -2.35. The molecule has 0 aromatic heterocycles. The lowest BCUT2D eigenvalue weighted by molar-refractivity contribution is -0.140. The van der Waals surface area contributed by atoms with E-state index in [4.69, 9.17) is 16.3 Å². The summed E-state index contributed by atoms with van der Waals surface area (Å²) >= 11 is 6.44. The number of hydrogen-bond donors (Lipinski definition) is 2. The van der Waals surface area contributed by atoms with Crippen LogP contribution in [0.15, 0.2) is 36.4 Å². The van der Waals surface area contributed by atoms with Gasteiger partial charge in [-0.1, -0.05) is 61.7 Å². The van der Waals surface area contributed by atoms with Gasteiger partial charge in [-0.25, -0.2) is 4.79 Å². The van der Waals surface area contributed by atoms with E-state index < -0.39 is 23.8 Å². The zero-order valence-electron chi connectivity index (χ0n) is 23.9. The van der Waals surface area contributed by atoms with Crippen LogP contribution in [0.5, 0.6) is 0 Å². The van der Waals surface area contributed by atoms with Gasteiger partial charge in [0.25, 0.3) is 5.91 Å². The molecule has 0 aliphatic rings. The van der Waals surface area contributed by atoms with Gasteiger partial charge in [-0.2, -0.15) is 0 Å². The van der Waals surface area contributed by atoms with Crippen molar-refractivity contribution < 1.29 is 19.1 Å². The summed E-state index contributed by atoms with van der Waals surface area (Å²) in [4.78, 5) is 42.0. The fourth-order valence-electron chi connectivity index (χ4n) is 4.36. The number of benzene rings is 2. The van der Waals surface area contributed by atoms with Crippen LogP contribution < -0.4 is 10.6 Å². The number of aryl methyl sites for hydroxylation is 3. The summed E-state index contributed by atoms with van der Waals surface area (Å²) in [5.41, 5.74) is 3.15. The van der Waals surface area contributed by atoms with Crippen LogP contribution in [0, 0.1) is 20.8 Å². The Morgan fingerprint density at radius 2 is 1.55 bits per heavy atom. The Morgan fingerprint density at radius 3 is 2.11 bits per heavy atom. The Morgan fingerprint density at radius 1 is 0.974 bits per heavy atom. The maximum atomic E-state index is 14.1. The minimum Gasteiger partial charge on any atom is -0.444 e. The van der Waals surface area contributed by atoms with Gasteiger partial charge in [0.1, 0.15) is 17.7 Å². The molecule has 2 N–H and O–H groups in total. The Labute approximate surface area is 232 Å². The van der Waals surface area contributed by atoms with Crippen molar-refractivity contribution >= 4 is 35.2 Å². The molecule has 0 aliphatic carbocycles. The van der Waals surface area contributed by atoms with Gasteiger partial charge in [0, 0.05) is 6.54 Å². The summed E-state index contributed by atoms with van der Waals surface area (Å²) in [5, 5.41) is 6.05. The number of carbonyl (C=O) groups excluding carboxylic acids is 3. The number of nitrogens with zero attached hydrogens (tertiary/aromatic N) is 1. The predicted molar refractivity (Wildman–Crippen MR) is 154 cm³/mol. The van der Waals surface area contributed by atoms with Crippen LogP contribution in [-0.2, 0) is 14.3 Å². The Bertz CT molecular complexity index is 1100. The molecule has 38 heavy (non-hydrogen) atoms. The van der Waals surface area contributed by atoms with Crippen molar-refractivity contribution in [3.8, 4) is 0 Å². The monoisotopic (exact) mass is 543 g/mol. The van der Waals surface area contributed by atoms with Crippen LogP contribution in [0.1, 0.15) is 82.2 Å². The number of amides is 3. The first-order valence-corrected chi connectivity index (χ1v) is 13.6. The van der Waals surface area contributed by atoms with Gasteiger partial charge in [-0.3, -0.25) is 9.59 Å². The molecule has 2 aromatic carbocycles. The van der Waals surface area contributed by atoms with Crippen LogP contribution >= 0.6 is 11.6 Å². The molecule has 2 atom stereocenters. The first kappa shape index (κ1) is 31.2.